The van der Waals surface area contributed by atoms with Crippen molar-refractivity contribution in [2.45, 2.75) is 45.2 Å². The first-order valence-corrected chi connectivity index (χ1v) is 11.9. The van der Waals surface area contributed by atoms with Gasteiger partial charge in [-0.1, -0.05) is 24.3 Å². The molecular formula is C27H33N5O. The number of anilines is 2. The summed E-state index contributed by atoms with van der Waals surface area (Å²) in [6.07, 6.45) is 2.20. The topological polar surface area (TPSA) is 60.5 Å². The number of carbonyl (C=O) groups excluding carboxylic acids is 1. The number of amides is 2. The van der Waals surface area contributed by atoms with E-state index in [2.05, 4.69) is 66.6 Å². The first-order chi connectivity index (χ1) is 15.9. The molecule has 0 bridgehead atoms. The fourth-order valence-corrected chi connectivity index (χ4v) is 4.95. The van der Waals surface area contributed by atoms with Crippen LogP contribution in [0.4, 0.5) is 16.3 Å². The maximum Gasteiger partial charge on any atom is 0.321 e. The molecule has 1 atom stereocenters. The minimum absolute atomic E-state index is 0.0333. The first kappa shape index (κ1) is 21.7. The molecule has 0 spiro atoms. The van der Waals surface area contributed by atoms with Crippen LogP contribution < -0.4 is 10.6 Å². The molecule has 6 nitrogen and oxygen atoms in total. The summed E-state index contributed by atoms with van der Waals surface area (Å²) in [7, 11) is 0. The van der Waals surface area contributed by atoms with E-state index < -0.39 is 0 Å². The Morgan fingerprint density at radius 1 is 1.00 bits per heavy atom. The van der Waals surface area contributed by atoms with Gasteiger partial charge in [0, 0.05) is 42.8 Å². The van der Waals surface area contributed by atoms with E-state index in [1.54, 1.807) is 0 Å². The third kappa shape index (κ3) is 4.67. The van der Waals surface area contributed by atoms with E-state index in [0.717, 1.165) is 61.4 Å². The number of piperazine rings is 1. The van der Waals surface area contributed by atoms with Gasteiger partial charge in [-0.2, -0.15) is 0 Å². The summed E-state index contributed by atoms with van der Waals surface area (Å²) in [4.78, 5) is 21.9. The summed E-state index contributed by atoms with van der Waals surface area (Å²) in [5.41, 5.74) is 4.67. The second-order valence-electron chi connectivity index (χ2n) is 10.1. The lowest BCUT2D eigenvalue weighted by atomic mass is 10.1. The average Bonchev–Trinajstić information content (AvgIpc) is 3.21. The molecule has 172 valence electrons. The number of rotatable bonds is 3. The van der Waals surface area contributed by atoms with Crippen LogP contribution in [0.25, 0.3) is 10.9 Å². The van der Waals surface area contributed by atoms with Crippen LogP contribution in [0, 0.1) is 0 Å². The second kappa shape index (κ2) is 8.67. The fraction of sp³-hybridized carbons (Fsp3) is 0.407. The second-order valence-corrected chi connectivity index (χ2v) is 10.1. The van der Waals surface area contributed by atoms with Gasteiger partial charge in [-0.25, -0.2) is 9.78 Å². The first-order valence-electron chi connectivity index (χ1n) is 11.9. The van der Waals surface area contributed by atoms with Crippen molar-refractivity contribution >= 4 is 28.4 Å². The predicted octanol–water partition coefficient (Wildman–Crippen LogP) is 5.28. The lowest BCUT2D eigenvalue weighted by Crippen LogP contribution is -2.55. The zero-order chi connectivity index (χ0) is 23.0. The van der Waals surface area contributed by atoms with Crippen molar-refractivity contribution in [3.63, 3.8) is 0 Å². The standard InChI is InChI=1S/C27H33N5O/c1-27(2,3)32-16-14-31(15-17-32)26(33)28-21-10-12-23-20(18-21)9-13-25(29-23)30-24-11-8-19-6-4-5-7-22(19)24/h4-7,9-10,12-13,18,24H,8,11,14-17H2,1-3H3,(H,28,33)(H,29,30)/t24-/m1/s1. The number of nitrogens with one attached hydrogen (secondary N) is 2. The minimum atomic E-state index is -0.0333. The highest BCUT2D eigenvalue weighted by Gasteiger charge is 2.28. The van der Waals surface area contributed by atoms with Gasteiger partial charge in [-0.15, -0.1) is 0 Å². The fourth-order valence-electron chi connectivity index (χ4n) is 4.95. The van der Waals surface area contributed by atoms with E-state index >= 15 is 0 Å². The van der Waals surface area contributed by atoms with Gasteiger partial charge in [0.15, 0.2) is 0 Å². The highest BCUT2D eigenvalue weighted by Crippen LogP contribution is 2.33. The molecule has 1 aromatic heterocycles. The third-order valence-electron chi connectivity index (χ3n) is 6.91. The Kier molecular flexibility index (Phi) is 5.71. The zero-order valence-electron chi connectivity index (χ0n) is 19.8. The minimum Gasteiger partial charge on any atom is -0.363 e. The van der Waals surface area contributed by atoms with E-state index in [4.69, 9.17) is 4.98 Å². The van der Waals surface area contributed by atoms with Gasteiger partial charge >= 0.3 is 6.03 Å². The Morgan fingerprint density at radius 2 is 1.79 bits per heavy atom. The van der Waals surface area contributed by atoms with E-state index in [0.29, 0.717) is 6.04 Å². The third-order valence-corrected chi connectivity index (χ3v) is 6.91. The molecule has 1 aliphatic carbocycles. The molecule has 2 heterocycles. The molecule has 6 heteroatoms. The van der Waals surface area contributed by atoms with E-state index in [9.17, 15) is 4.79 Å². The van der Waals surface area contributed by atoms with Crippen molar-refractivity contribution in [3.8, 4) is 0 Å². The lowest BCUT2D eigenvalue weighted by molar-refractivity contribution is 0.0774. The quantitative estimate of drug-likeness (QED) is 0.578. The molecule has 3 aromatic rings. The zero-order valence-corrected chi connectivity index (χ0v) is 19.8. The maximum atomic E-state index is 12.8. The van der Waals surface area contributed by atoms with Crippen molar-refractivity contribution in [1.82, 2.24) is 14.8 Å². The number of fused-ring (bicyclic) bond motifs is 2. The van der Waals surface area contributed by atoms with Crippen LogP contribution >= 0.6 is 0 Å². The molecule has 1 saturated heterocycles. The number of hydrogen-bond donors (Lipinski definition) is 2. The van der Waals surface area contributed by atoms with Gasteiger partial charge in [-0.05, 0) is 75.1 Å². The van der Waals surface area contributed by atoms with E-state index in [-0.39, 0.29) is 11.6 Å². The lowest BCUT2D eigenvalue weighted by Gasteiger charge is -2.42. The van der Waals surface area contributed by atoms with Crippen molar-refractivity contribution < 1.29 is 4.79 Å². The summed E-state index contributed by atoms with van der Waals surface area (Å²) in [5.74, 6) is 0.887. The number of carbonyl (C=O) groups is 1. The van der Waals surface area contributed by atoms with Crippen molar-refractivity contribution in [2.24, 2.45) is 0 Å². The number of nitrogens with zero attached hydrogens (tertiary/aromatic N) is 3. The Labute approximate surface area is 196 Å². The Balaban J connectivity index is 1.23. The number of pyridine rings is 1. The highest BCUT2D eigenvalue weighted by molar-refractivity contribution is 5.93. The summed E-state index contributed by atoms with van der Waals surface area (Å²) < 4.78 is 0. The van der Waals surface area contributed by atoms with Crippen LogP contribution in [0.1, 0.15) is 44.4 Å². The Morgan fingerprint density at radius 3 is 2.58 bits per heavy atom. The molecule has 1 fully saturated rings. The van der Waals surface area contributed by atoms with Crippen LogP contribution in [-0.4, -0.2) is 52.5 Å². The number of benzene rings is 2. The summed E-state index contributed by atoms with van der Waals surface area (Å²) in [6.45, 7) is 9.97. The monoisotopic (exact) mass is 443 g/mol. The van der Waals surface area contributed by atoms with Gasteiger partial charge in [-0.3, -0.25) is 4.90 Å². The molecule has 5 rings (SSSR count). The Hall–Kier alpha value is -3.12. The average molecular weight is 444 g/mol. The summed E-state index contributed by atoms with van der Waals surface area (Å²) >= 11 is 0. The van der Waals surface area contributed by atoms with Gasteiger partial charge in [0.25, 0.3) is 0 Å². The molecule has 0 unspecified atom stereocenters. The predicted molar refractivity (Wildman–Crippen MR) is 135 cm³/mol. The van der Waals surface area contributed by atoms with Gasteiger partial charge in [0.05, 0.1) is 11.6 Å². The molecule has 33 heavy (non-hydrogen) atoms. The molecule has 2 amide bonds. The number of aromatic nitrogens is 1. The van der Waals surface area contributed by atoms with Crippen LogP contribution in [0.15, 0.2) is 54.6 Å². The molecule has 2 aliphatic rings. The number of urea groups is 1. The molecule has 0 saturated carbocycles. The smallest absolute Gasteiger partial charge is 0.321 e. The highest BCUT2D eigenvalue weighted by atomic mass is 16.2. The van der Waals surface area contributed by atoms with Crippen molar-refractivity contribution in [1.29, 1.82) is 0 Å². The van der Waals surface area contributed by atoms with Crippen LogP contribution in [0.3, 0.4) is 0 Å². The summed E-state index contributed by atoms with van der Waals surface area (Å²) in [5, 5.41) is 7.68. The molecular weight excluding hydrogens is 410 g/mol. The molecule has 0 radical (unpaired) electrons. The van der Waals surface area contributed by atoms with E-state index in [1.165, 1.54) is 11.1 Å². The van der Waals surface area contributed by atoms with Gasteiger partial charge in [0.2, 0.25) is 0 Å². The summed E-state index contributed by atoms with van der Waals surface area (Å²) in [6, 6.07) is 18.9. The number of aryl methyl sites for hydroxylation is 1. The molecule has 1 aliphatic heterocycles. The normalized spacial score (nSPS) is 18.9. The van der Waals surface area contributed by atoms with Gasteiger partial charge in [0.1, 0.15) is 5.82 Å². The Bertz CT molecular complexity index is 1160. The number of hydrogen-bond acceptors (Lipinski definition) is 4. The molecule has 2 N–H and O–H groups in total. The largest absolute Gasteiger partial charge is 0.363 e. The molecule has 2 aromatic carbocycles. The van der Waals surface area contributed by atoms with Gasteiger partial charge < -0.3 is 15.5 Å². The SMILES string of the molecule is CC(C)(C)N1CCN(C(=O)Nc2ccc3nc(N[C@@H]4CCc5ccccc54)ccc3c2)CC1. The van der Waals surface area contributed by atoms with Crippen molar-refractivity contribution in [3.05, 3.63) is 65.7 Å². The van der Waals surface area contributed by atoms with Crippen molar-refractivity contribution in [2.75, 3.05) is 36.8 Å². The van der Waals surface area contributed by atoms with Crippen LogP contribution in [-0.2, 0) is 6.42 Å². The van der Waals surface area contributed by atoms with Crippen LogP contribution in [0.2, 0.25) is 0 Å². The van der Waals surface area contributed by atoms with E-state index in [1.807, 2.05) is 29.2 Å². The maximum absolute atomic E-state index is 12.8. The van der Waals surface area contributed by atoms with Crippen LogP contribution in [0.5, 0.6) is 0 Å².